The van der Waals surface area contributed by atoms with Crippen LogP contribution in [-0.4, -0.2) is 43.0 Å². The van der Waals surface area contributed by atoms with Gasteiger partial charge in [-0.2, -0.15) is 0 Å². The number of para-hydroxylation sites is 1. The van der Waals surface area contributed by atoms with Crippen LogP contribution in [0.3, 0.4) is 0 Å². The lowest BCUT2D eigenvalue weighted by atomic mass is 10.1. The first-order chi connectivity index (χ1) is 14.2. The third-order valence-electron chi connectivity index (χ3n) is 4.65. The highest BCUT2D eigenvalue weighted by Gasteiger charge is 2.05. The van der Waals surface area contributed by atoms with Gasteiger partial charge in [0.25, 0.3) is 5.91 Å². The summed E-state index contributed by atoms with van der Waals surface area (Å²) in [4.78, 5) is 20.1. The Morgan fingerprint density at radius 3 is 2.69 bits per heavy atom. The second-order valence-corrected chi connectivity index (χ2v) is 6.92. The van der Waals surface area contributed by atoms with Gasteiger partial charge in [0, 0.05) is 48.8 Å². The van der Waals surface area contributed by atoms with Gasteiger partial charge in [-0.25, -0.2) is 0 Å². The standard InChI is InChI=1S/C23H29N5O/c1-3-24-23(26-12-11-19-16-28-21-10-5-4-9-20(19)21)27-14-13-25-22(29)18-8-6-7-17(2)15-18/h4-10,15-16,28H,3,11-14H2,1-2H3,(H,25,29)(H2,24,26,27). The van der Waals surface area contributed by atoms with E-state index in [1.165, 1.54) is 10.9 Å². The van der Waals surface area contributed by atoms with Gasteiger partial charge >= 0.3 is 0 Å². The van der Waals surface area contributed by atoms with Gasteiger partial charge in [0.1, 0.15) is 0 Å². The average molecular weight is 392 g/mol. The third-order valence-corrected chi connectivity index (χ3v) is 4.65. The molecule has 3 rings (SSSR count). The number of aromatic amines is 1. The van der Waals surface area contributed by atoms with Crippen molar-refractivity contribution in [3.8, 4) is 0 Å². The van der Waals surface area contributed by atoms with Gasteiger partial charge in [-0.05, 0) is 44.0 Å². The number of aryl methyl sites for hydroxylation is 1. The summed E-state index contributed by atoms with van der Waals surface area (Å²) in [6.45, 7) is 6.63. The summed E-state index contributed by atoms with van der Waals surface area (Å²) >= 11 is 0. The predicted molar refractivity (Wildman–Crippen MR) is 119 cm³/mol. The zero-order chi connectivity index (χ0) is 20.5. The number of H-pyrrole nitrogens is 1. The number of amides is 1. The number of carbonyl (C=O) groups excluding carboxylic acids is 1. The smallest absolute Gasteiger partial charge is 0.251 e. The molecular weight excluding hydrogens is 362 g/mol. The van der Waals surface area contributed by atoms with Gasteiger partial charge in [0.15, 0.2) is 5.96 Å². The quantitative estimate of drug-likeness (QED) is 0.271. The van der Waals surface area contributed by atoms with Crippen molar-refractivity contribution in [1.29, 1.82) is 0 Å². The van der Waals surface area contributed by atoms with Gasteiger partial charge < -0.3 is 20.9 Å². The fourth-order valence-corrected chi connectivity index (χ4v) is 3.21. The molecule has 1 heterocycles. The van der Waals surface area contributed by atoms with Gasteiger partial charge in [-0.15, -0.1) is 0 Å². The minimum atomic E-state index is -0.0585. The molecule has 2 aromatic carbocycles. The fraction of sp³-hybridized carbons (Fsp3) is 0.304. The topological polar surface area (TPSA) is 81.3 Å². The van der Waals surface area contributed by atoms with E-state index in [0.717, 1.165) is 30.0 Å². The monoisotopic (exact) mass is 391 g/mol. The molecule has 0 bridgehead atoms. The van der Waals surface area contributed by atoms with Crippen LogP contribution in [0.2, 0.25) is 0 Å². The molecule has 0 aliphatic heterocycles. The zero-order valence-electron chi connectivity index (χ0n) is 17.1. The highest BCUT2D eigenvalue weighted by Crippen LogP contribution is 2.17. The summed E-state index contributed by atoms with van der Waals surface area (Å²) in [6, 6.07) is 15.9. The molecule has 6 nitrogen and oxygen atoms in total. The molecule has 3 aromatic rings. The second-order valence-electron chi connectivity index (χ2n) is 6.92. The molecule has 1 aromatic heterocycles. The number of hydrogen-bond acceptors (Lipinski definition) is 2. The first-order valence-electron chi connectivity index (χ1n) is 10.1. The maximum absolute atomic E-state index is 12.2. The van der Waals surface area contributed by atoms with E-state index >= 15 is 0 Å². The van der Waals surface area contributed by atoms with Gasteiger partial charge in [-0.1, -0.05) is 35.9 Å². The molecule has 1 amide bonds. The van der Waals surface area contributed by atoms with E-state index in [-0.39, 0.29) is 5.91 Å². The summed E-state index contributed by atoms with van der Waals surface area (Å²) in [5, 5.41) is 10.7. The summed E-state index contributed by atoms with van der Waals surface area (Å²) < 4.78 is 0. The highest BCUT2D eigenvalue weighted by molar-refractivity contribution is 5.94. The molecule has 0 aliphatic carbocycles. The number of hydrogen-bond donors (Lipinski definition) is 4. The molecule has 0 spiro atoms. The Morgan fingerprint density at radius 1 is 1.03 bits per heavy atom. The van der Waals surface area contributed by atoms with Crippen molar-refractivity contribution in [3.63, 3.8) is 0 Å². The molecule has 0 radical (unpaired) electrons. The summed E-state index contributed by atoms with van der Waals surface area (Å²) in [7, 11) is 0. The van der Waals surface area contributed by atoms with E-state index in [1.54, 1.807) is 0 Å². The number of rotatable bonds is 8. The van der Waals surface area contributed by atoms with Crippen molar-refractivity contribution in [1.82, 2.24) is 20.9 Å². The van der Waals surface area contributed by atoms with Gasteiger partial charge in [0.2, 0.25) is 0 Å². The Bertz CT molecular complexity index is 976. The Morgan fingerprint density at radius 2 is 1.86 bits per heavy atom. The van der Waals surface area contributed by atoms with Gasteiger partial charge in [0.05, 0.1) is 0 Å². The van der Waals surface area contributed by atoms with Crippen LogP contribution in [-0.2, 0) is 6.42 Å². The summed E-state index contributed by atoms with van der Waals surface area (Å²) in [6.07, 6.45) is 2.92. The van der Waals surface area contributed by atoms with Crippen LogP contribution in [0, 0.1) is 6.92 Å². The van der Waals surface area contributed by atoms with Gasteiger partial charge in [-0.3, -0.25) is 9.79 Å². The lowest BCUT2D eigenvalue weighted by molar-refractivity contribution is 0.0954. The number of aromatic nitrogens is 1. The van der Waals surface area contributed by atoms with Crippen LogP contribution in [0.1, 0.15) is 28.4 Å². The van der Waals surface area contributed by atoms with Crippen molar-refractivity contribution in [2.24, 2.45) is 4.99 Å². The van der Waals surface area contributed by atoms with E-state index in [9.17, 15) is 4.79 Å². The van der Waals surface area contributed by atoms with E-state index in [1.807, 2.05) is 44.2 Å². The van der Waals surface area contributed by atoms with Crippen LogP contribution in [0.5, 0.6) is 0 Å². The summed E-state index contributed by atoms with van der Waals surface area (Å²) in [5.41, 5.74) is 4.18. The highest BCUT2D eigenvalue weighted by atomic mass is 16.1. The number of benzene rings is 2. The lowest BCUT2D eigenvalue weighted by Crippen LogP contribution is -2.41. The molecule has 0 saturated carbocycles. The van der Waals surface area contributed by atoms with Crippen LogP contribution < -0.4 is 16.0 Å². The molecule has 6 heteroatoms. The minimum Gasteiger partial charge on any atom is -0.361 e. The first kappa shape index (κ1) is 20.5. The average Bonchev–Trinajstić information content (AvgIpc) is 3.14. The minimum absolute atomic E-state index is 0.0585. The number of nitrogens with one attached hydrogen (secondary N) is 4. The SMILES string of the molecule is CCNC(=NCCc1c[nH]c2ccccc12)NCCNC(=O)c1cccc(C)c1. The molecule has 0 aliphatic rings. The Kier molecular flexibility index (Phi) is 7.28. The molecule has 0 unspecified atom stereocenters. The number of aliphatic imine (C=N–C) groups is 1. The molecule has 0 fully saturated rings. The van der Waals surface area contributed by atoms with Crippen molar-refractivity contribution >= 4 is 22.8 Å². The Hall–Kier alpha value is -3.28. The van der Waals surface area contributed by atoms with Crippen LogP contribution >= 0.6 is 0 Å². The van der Waals surface area contributed by atoms with Crippen molar-refractivity contribution in [2.75, 3.05) is 26.2 Å². The summed E-state index contributed by atoms with van der Waals surface area (Å²) in [5.74, 6) is 0.703. The number of carbonyl (C=O) groups is 1. The number of fused-ring (bicyclic) bond motifs is 1. The molecule has 0 atom stereocenters. The van der Waals surface area contributed by atoms with E-state index < -0.39 is 0 Å². The lowest BCUT2D eigenvalue weighted by Gasteiger charge is -2.12. The van der Waals surface area contributed by atoms with Crippen LogP contribution in [0.4, 0.5) is 0 Å². The van der Waals surface area contributed by atoms with Crippen LogP contribution in [0.25, 0.3) is 10.9 Å². The van der Waals surface area contributed by atoms with E-state index in [0.29, 0.717) is 25.2 Å². The van der Waals surface area contributed by atoms with E-state index in [2.05, 4.69) is 50.3 Å². The maximum Gasteiger partial charge on any atom is 0.251 e. The molecule has 4 N–H and O–H groups in total. The maximum atomic E-state index is 12.2. The molecule has 29 heavy (non-hydrogen) atoms. The fourth-order valence-electron chi connectivity index (χ4n) is 3.21. The largest absolute Gasteiger partial charge is 0.361 e. The number of guanidine groups is 1. The number of nitrogens with zero attached hydrogens (tertiary/aromatic N) is 1. The molecular formula is C23H29N5O. The Balaban J connectivity index is 1.46. The second kappa shape index (κ2) is 10.3. The van der Waals surface area contributed by atoms with Crippen molar-refractivity contribution in [3.05, 3.63) is 71.4 Å². The normalized spacial score (nSPS) is 11.4. The first-order valence-corrected chi connectivity index (χ1v) is 10.1. The third kappa shape index (κ3) is 5.85. The Labute approximate surface area is 171 Å². The van der Waals surface area contributed by atoms with Crippen molar-refractivity contribution < 1.29 is 4.79 Å². The molecule has 0 saturated heterocycles. The molecule has 152 valence electrons. The predicted octanol–water partition coefficient (Wildman–Crippen LogP) is 3.00. The zero-order valence-corrected chi connectivity index (χ0v) is 17.1. The van der Waals surface area contributed by atoms with Crippen molar-refractivity contribution in [2.45, 2.75) is 20.3 Å². The van der Waals surface area contributed by atoms with Crippen LogP contribution in [0.15, 0.2) is 59.7 Å². The van der Waals surface area contributed by atoms with E-state index in [4.69, 9.17) is 0 Å².